The van der Waals surface area contributed by atoms with E-state index in [2.05, 4.69) is 17.3 Å². The van der Waals surface area contributed by atoms with E-state index in [1.54, 1.807) is 7.11 Å². The fourth-order valence-electron chi connectivity index (χ4n) is 1.96. The van der Waals surface area contributed by atoms with Crippen molar-refractivity contribution in [3.05, 3.63) is 29.8 Å². The van der Waals surface area contributed by atoms with Crippen LogP contribution in [0.3, 0.4) is 0 Å². The number of hydrogen-bond acceptors (Lipinski definition) is 4. The van der Waals surface area contributed by atoms with Gasteiger partial charge in [0, 0.05) is 25.7 Å². The summed E-state index contributed by atoms with van der Waals surface area (Å²) in [5.41, 5.74) is 0.906. The smallest absolute Gasteiger partial charge is 0.119 e. The lowest BCUT2D eigenvalue weighted by atomic mass is 10.1. The summed E-state index contributed by atoms with van der Waals surface area (Å²) in [6, 6.07) is 8.16. The first-order valence-electron chi connectivity index (χ1n) is 5.93. The lowest BCUT2D eigenvalue weighted by Crippen LogP contribution is -2.56. The number of nitrogens with one attached hydrogen (secondary N) is 1. The summed E-state index contributed by atoms with van der Waals surface area (Å²) in [4.78, 5) is 2.20. The minimum absolute atomic E-state index is 0.462. The maximum atomic E-state index is 10.2. The fourth-order valence-corrected chi connectivity index (χ4v) is 1.96. The molecule has 1 atom stereocenters. The molecular formula is C13H20N2O2. The van der Waals surface area contributed by atoms with Crippen LogP contribution in [0.4, 0.5) is 0 Å². The molecule has 1 aliphatic heterocycles. The molecule has 4 nitrogen and oxygen atoms in total. The summed E-state index contributed by atoms with van der Waals surface area (Å²) in [6.07, 6.45) is -0.462. The van der Waals surface area contributed by atoms with Crippen molar-refractivity contribution in [3.63, 3.8) is 0 Å². The third kappa shape index (κ3) is 2.97. The summed E-state index contributed by atoms with van der Waals surface area (Å²) in [7, 11) is 3.69. The van der Waals surface area contributed by atoms with Crippen molar-refractivity contribution in [1.82, 2.24) is 10.2 Å². The van der Waals surface area contributed by atoms with Gasteiger partial charge >= 0.3 is 0 Å². The molecule has 0 radical (unpaired) electrons. The molecule has 2 rings (SSSR count). The van der Waals surface area contributed by atoms with Crippen LogP contribution >= 0.6 is 0 Å². The Morgan fingerprint density at radius 3 is 2.88 bits per heavy atom. The maximum Gasteiger partial charge on any atom is 0.119 e. The molecule has 0 aliphatic carbocycles. The van der Waals surface area contributed by atoms with Gasteiger partial charge in [-0.15, -0.1) is 0 Å². The number of likely N-dealkylation sites (N-methyl/N-ethyl adjacent to an activating group) is 1. The van der Waals surface area contributed by atoms with Crippen molar-refractivity contribution in [2.75, 3.05) is 33.8 Å². The van der Waals surface area contributed by atoms with E-state index < -0.39 is 6.10 Å². The summed E-state index contributed by atoms with van der Waals surface area (Å²) in [5.74, 6) is 0.787. The Morgan fingerprint density at radius 1 is 1.53 bits per heavy atom. The maximum absolute atomic E-state index is 10.2. The molecular weight excluding hydrogens is 216 g/mol. The average molecular weight is 236 g/mol. The number of ether oxygens (including phenoxy) is 1. The number of benzene rings is 1. The number of nitrogens with zero attached hydrogens (tertiary/aromatic N) is 1. The number of methoxy groups -OCH3 is 1. The van der Waals surface area contributed by atoms with Gasteiger partial charge < -0.3 is 15.2 Å². The zero-order valence-electron chi connectivity index (χ0n) is 10.4. The zero-order chi connectivity index (χ0) is 12.3. The lowest BCUT2D eigenvalue weighted by molar-refractivity contribution is 0.0865. The van der Waals surface area contributed by atoms with Crippen molar-refractivity contribution in [3.8, 4) is 5.75 Å². The minimum atomic E-state index is -0.462. The van der Waals surface area contributed by atoms with E-state index in [0.29, 0.717) is 12.6 Å². The second-order valence-corrected chi connectivity index (χ2v) is 4.54. The normalized spacial score (nSPS) is 17.9. The van der Waals surface area contributed by atoms with E-state index in [0.717, 1.165) is 24.4 Å². The zero-order valence-corrected chi connectivity index (χ0v) is 10.4. The highest BCUT2D eigenvalue weighted by Crippen LogP contribution is 2.20. The first-order valence-corrected chi connectivity index (χ1v) is 5.93. The van der Waals surface area contributed by atoms with Crippen molar-refractivity contribution in [1.29, 1.82) is 0 Å². The molecule has 17 heavy (non-hydrogen) atoms. The van der Waals surface area contributed by atoms with E-state index in [-0.39, 0.29) is 0 Å². The van der Waals surface area contributed by atoms with Gasteiger partial charge in [0.1, 0.15) is 5.75 Å². The highest BCUT2D eigenvalue weighted by atomic mass is 16.5. The molecule has 1 heterocycles. The monoisotopic (exact) mass is 236 g/mol. The van der Waals surface area contributed by atoms with E-state index in [1.165, 1.54) is 0 Å². The number of rotatable bonds is 5. The van der Waals surface area contributed by atoms with Crippen LogP contribution in [0.15, 0.2) is 24.3 Å². The Hall–Kier alpha value is -1.10. The Labute approximate surface area is 102 Å². The van der Waals surface area contributed by atoms with E-state index in [4.69, 9.17) is 4.74 Å². The molecule has 0 aromatic heterocycles. The second kappa shape index (κ2) is 5.49. The van der Waals surface area contributed by atoms with E-state index >= 15 is 0 Å². The van der Waals surface area contributed by atoms with Gasteiger partial charge in [-0.3, -0.25) is 4.90 Å². The van der Waals surface area contributed by atoms with Gasteiger partial charge in [-0.1, -0.05) is 12.1 Å². The molecule has 0 amide bonds. The highest BCUT2D eigenvalue weighted by Gasteiger charge is 2.23. The molecule has 0 saturated carbocycles. The summed E-state index contributed by atoms with van der Waals surface area (Å²) < 4.78 is 5.16. The predicted molar refractivity (Wildman–Crippen MR) is 67.2 cm³/mol. The average Bonchev–Trinajstić information content (AvgIpc) is 2.26. The molecule has 1 aromatic carbocycles. The molecule has 1 fully saturated rings. The van der Waals surface area contributed by atoms with Gasteiger partial charge in [-0.25, -0.2) is 0 Å². The van der Waals surface area contributed by atoms with Gasteiger partial charge in [0.25, 0.3) is 0 Å². The van der Waals surface area contributed by atoms with E-state index in [1.807, 2.05) is 24.3 Å². The molecule has 0 bridgehead atoms. The fraction of sp³-hybridized carbons (Fsp3) is 0.538. The molecule has 94 valence electrons. The van der Waals surface area contributed by atoms with Crippen LogP contribution < -0.4 is 10.1 Å². The van der Waals surface area contributed by atoms with Crippen LogP contribution in [0.5, 0.6) is 5.75 Å². The third-order valence-electron chi connectivity index (χ3n) is 3.32. The molecule has 2 N–H and O–H groups in total. The quantitative estimate of drug-likeness (QED) is 0.787. The van der Waals surface area contributed by atoms with Crippen molar-refractivity contribution in [2.24, 2.45) is 0 Å². The Kier molecular flexibility index (Phi) is 3.99. The number of hydrogen-bond donors (Lipinski definition) is 2. The van der Waals surface area contributed by atoms with Crippen LogP contribution in [-0.4, -0.2) is 49.8 Å². The molecule has 0 spiro atoms. The Morgan fingerprint density at radius 2 is 2.29 bits per heavy atom. The van der Waals surface area contributed by atoms with Crippen LogP contribution in [0, 0.1) is 0 Å². The minimum Gasteiger partial charge on any atom is -0.497 e. The molecule has 4 heteroatoms. The molecule has 1 unspecified atom stereocenters. The highest BCUT2D eigenvalue weighted by molar-refractivity contribution is 5.29. The van der Waals surface area contributed by atoms with Gasteiger partial charge in [0.2, 0.25) is 0 Å². The van der Waals surface area contributed by atoms with Crippen LogP contribution in [0.2, 0.25) is 0 Å². The number of aliphatic hydroxyl groups excluding tert-OH is 1. The Balaban J connectivity index is 1.95. The van der Waals surface area contributed by atoms with Gasteiger partial charge in [-0.05, 0) is 24.7 Å². The van der Waals surface area contributed by atoms with Crippen molar-refractivity contribution >= 4 is 0 Å². The lowest BCUT2D eigenvalue weighted by Gasteiger charge is -2.36. The van der Waals surface area contributed by atoms with Crippen LogP contribution in [0.25, 0.3) is 0 Å². The summed E-state index contributed by atoms with van der Waals surface area (Å²) in [6.45, 7) is 2.68. The summed E-state index contributed by atoms with van der Waals surface area (Å²) in [5, 5.41) is 13.4. The first-order chi connectivity index (χ1) is 8.20. The van der Waals surface area contributed by atoms with E-state index in [9.17, 15) is 5.11 Å². The topological polar surface area (TPSA) is 44.7 Å². The van der Waals surface area contributed by atoms with Crippen LogP contribution in [-0.2, 0) is 0 Å². The molecule has 1 aliphatic rings. The van der Waals surface area contributed by atoms with Crippen molar-refractivity contribution < 1.29 is 9.84 Å². The SMILES string of the molecule is COc1cccc(C(O)CN(C)C2CNC2)c1. The standard InChI is InChI=1S/C13H20N2O2/c1-15(11-7-14-8-11)9-13(16)10-4-3-5-12(6-10)17-2/h3-6,11,13-14,16H,7-9H2,1-2H3. The Bertz CT molecular complexity index is 366. The van der Waals surface area contributed by atoms with Gasteiger partial charge in [0.15, 0.2) is 0 Å². The predicted octanol–water partition coefficient (Wildman–Crippen LogP) is 0.632. The largest absolute Gasteiger partial charge is 0.497 e. The second-order valence-electron chi connectivity index (χ2n) is 4.54. The van der Waals surface area contributed by atoms with Crippen LogP contribution in [0.1, 0.15) is 11.7 Å². The van der Waals surface area contributed by atoms with Crippen molar-refractivity contribution in [2.45, 2.75) is 12.1 Å². The number of aliphatic hydroxyl groups is 1. The molecule has 1 saturated heterocycles. The third-order valence-corrected chi connectivity index (χ3v) is 3.32. The first kappa shape index (κ1) is 12.4. The van der Waals surface area contributed by atoms with Gasteiger partial charge in [0.05, 0.1) is 13.2 Å². The summed E-state index contributed by atoms with van der Waals surface area (Å²) >= 11 is 0. The van der Waals surface area contributed by atoms with Gasteiger partial charge in [-0.2, -0.15) is 0 Å². The molecule has 1 aromatic rings.